The summed E-state index contributed by atoms with van der Waals surface area (Å²) in [5, 5.41) is 3.14. The van der Waals surface area contributed by atoms with Gasteiger partial charge in [0.25, 0.3) is 0 Å². The Labute approximate surface area is 172 Å². The fourth-order valence-electron chi connectivity index (χ4n) is 4.54. The predicted octanol–water partition coefficient (Wildman–Crippen LogP) is 3.19. The molecule has 0 radical (unpaired) electrons. The number of nitrogens with zero attached hydrogens (tertiary/aromatic N) is 2. The van der Waals surface area contributed by atoms with Crippen LogP contribution in [-0.4, -0.2) is 67.3 Å². The lowest BCUT2D eigenvalue weighted by Crippen LogP contribution is -2.48. The largest absolute Gasteiger partial charge is 0.356 e. The number of nitrogens with one attached hydrogen (secondary N) is 1. The third-order valence-corrected chi connectivity index (χ3v) is 6.75. The number of rotatable bonds is 10. The van der Waals surface area contributed by atoms with E-state index < -0.39 is 0 Å². The maximum absolute atomic E-state index is 12.4. The van der Waals surface area contributed by atoms with Crippen LogP contribution < -0.4 is 5.32 Å². The Balaban J connectivity index is 1.54. The number of carbonyl (C=O) groups excluding carboxylic acids is 2. The Kier molecular flexibility index (Phi) is 9.93. The molecule has 1 N–H and O–H groups in total. The molecule has 5 nitrogen and oxygen atoms in total. The Hall–Kier alpha value is -0.940. The highest BCUT2D eigenvalue weighted by atomic mass is 16.2. The molecular weight excluding hydrogens is 350 g/mol. The third-order valence-electron chi connectivity index (χ3n) is 6.75. The van der Waals surface area contributed by atoms with Gasteiger partial charge >= 0.3 is 0 Å². The van der Waals surface area contributed by atoms with E-state index in [2.05, 4.69) is 29.0 Å². The van der Waals surface area contributed by atoms with Crippen molar-refractivity contribution in [2.45, 2.75) is 66.2 Å². The van der Waals surface area contributed by atoms with Crippen molar-refractivity contribution >= 4 is 11.7 Å². The van der Waals surface area contributed by atoms with E-state index in [9.17, 15) is 9.59 Å². The van der Waals surface area contributed by atoms with Crippen molar-refractivity contribution in [1.82, 2.24) is 15.1 Å². The molecule has 2 aliphatic rings. The summed E-state index contributed by atoms with van der Waals surface area (Å²) in [5.74, 6) is 1.79. The van der Waals surface area contributed by atoms with Crippen LogP contribution in [0.4, 0.5) is 0 Å². The number of ketones is 1. The minimum Gasteiger partial charge on any atom is -0.356 e. The Bertz CT molecular complexity index is 478. The molecule has 1 saturated carbocycles. The molecule has 5 heteroatoms. The van der Waals surface area contributed by atoms with Crippen LogP contribution in [-0.2, 0) is 9.59 Å². The second-order valence-corrected chi connectivity index (χ2v) is 9.41. The zero-order valence-corrected chi connectivity index (χ0v) is 18.7. The number of piperazine rings is 1. The molecular formula is C23H43N3O2. The first kappa shape index (κ1) is 23.3. The van der Waals surface area contributed by atoms with Gasteiger partial charge in [-0.1, -0.05) is 34.1 Å². The number of carbonyl (C=O) groups is 2. The van der Waals surface area contributed by atoms with Gasteiger partial charge in [0, 0.05) is 57.0 Å². The van der Waals surface area contributed by atoms with Crippen LogP contribution in [0.5, 0.6) is 0 Å². The van der Waals surface area contributed by atoms with Gasteiger partial charge in [-0.25, -0.2) is 0 Å². The lowest BCUT2D eigenvalue weighted by Gasteiger charge is -2.35. The maximum Gasteiger partial charge on any atom is 0.223 e. The smallest absolute Gasteiger partial charge is 0.223 e. The quantitative estimate of drug-likeness (QED) is 0.579. The highest BCUT2D eigenvalue weighted by Crippen LogP contribution is 2.31. The van der Waals surface area contributed by atoms with Gasteiger partial charge in [-0.15, -0.1) is 0 Å². The Morgan fingerprint density at radius 3 is 2.07 bits per heavy atom. The summed E-state index contributed by atoms with van der Waals surface area (Å²) in [6.07, 6.45) is 5.79. The van der Waals surface area contributed by atoms with E-state index in [0.717, 1.165) is 64.2 Å². The van der Waals surface area contributed by atoms with Gasteiger partial charge < -0.3 is 15.1 Å². The van der Waals surface area contributed by atoms with Crippen molar-refractivity contribution in [3.63, 3.8) is 0 Å². The molecule has 1 aliphatic heterocycles. The van der Waals surface area contributed by atoms with Crippen LogP contribution in [0.15, 0.2) is 0 Å². The highest BCUT2D eigenvalue weighted by molar-refractivity contribution is 5.83. The summed E-state index contributed by atoms with van der Waals surface area (Å²) in [6, 6.07) is 0. The SMILES string of the molecule is CCC(C)CN1CCN(CCCNC(=O)C2CCC(C(=O)C(C)C)CC2)CC1. The number of Topliss-reactive ketones (excluding diaryl/α,β-unsaturated/α-hetero) is 1. The second kappa shape index (κ2) is 11.9. The molecule has 1 unspecified atom stereocenters. The highest BCUT2D eigenvalue weighted by Gasteiger charge is 2.30. The summed E-state index contributed by atoms with van der Waals surface area (Å²) in [6.45, 7) is 16.3. The van der Waals surface area contributed by atoms with E-state index in [0.29, 0.717) is 5.78 Å². The first-order chi connectivity index (χ1) is 13.4. The van der Waals surface area contributed by atoms with E-state index in [-0.39, 0.29) is 23.7 Å². The summed E-state index contributed by atoms with van der Waals surface area (Å²) in [5.41, 5.74) is 0. The van der Waals surface area contributed by atoms with E-state index in [1.165, 1.54) is 26.1 Å². The third kappa shape index (κ3) is 7.47. The standard InChI is InChI=1S/C23H43N3O2/c1-5-19(4)17-26-15-13-25(14-16-26)12-6-11-24-23(28)21-9-7-20(8-10-21)22(27)18(2)3/h18-21H,5-17H2,1-4H3,(H,24,28). The van der Waals surface area contributed by atoms with Gasteiger partial charge in [-0.2, -0.15) is 0 Å². The first-order valence-corrected chi connectivity index (χ1v) is 11.7. The minimum atomic E-state index is 0.111. The van der Waals surface area contributed by atoms with Crippen LogP contribution in [0.25, 0.3) is 0 Å². The molecule has 1 saturated heterocycles. The van der Waals surface area contributed by atoms with Crippen LogP contribution in [0.3, 0.4) is 0 Å². The van der Waals surface area contributed by atoms with E-state index >= 15 is 0 Å². The molecule has 1 heterocycles. The van der Waals surface area contributed by atoms with Gasteiger partial charge in [-0.3, -0.25) is 9.59 Å². The van der Waals surface area contributed by atoms with E-state index in [1.807, 2.05) is 13.8 Å². The molecule has 28 heavy (non-hydrogen) atoms. The number of hydrogen-bond donors (Lipinski definition) is 1. The maximum atomic E-state index is 12.4. The van der Waals surface area contributed by atoms with Crippen LogP contribution in [0, 0.1) is 23.7 Å². The van der Waals surface area contributed by atoms with Crippen molar-refractivity contribution in [1.29, 1.82) is 0 Å². The molecule has 0 spiro atoms. The van der Waals surface area contributed by atoms with E-state index in [4.69, 9.17) is 0 Å². The van der Waals surface area contributed by atoms with Gasteiger partial charge in [0.05, 0.1) is 0 Å². The summed E-state index contributed by atoms with van der Waals surface area (Å²) >= 11 is 0. The van der Waals surface area contributed by atoms with Crippen LogP contribution in [0.2, 0.25) is 0 Å². The van der Waals surface area contributed by atoms with Crippen molar-refractivity contribution in [2.75, 3.05) is 45.8 Å². The van der Waals surface area contributed by atoms with Crippen molar-refractivity contribution in [2.24, 2.45) is 23.7 Å². The molecule has 1 aliphatic carbocycles. The molecule has 0 aromatic carbocycles. The molecule has 2 fully saturated rings. The molecule has 0 bridgehead atoms. The molecule has 162 valence electrons. The lowest BCUT2D eigenvalue weighted by atomic mass is 9.77. The van der Waals surface area contributed by atoms with Gasteiger partial charge in [0.2, 0.25) is 5.91 Å². The molecule has 0 aromatic heterocycles. The van der Waals surface area contributed by atoms with Crippen molar-refractivity contribution < 1.29 is 9.59 Å². The minimum absolute atomic E-state index is 0.111. The fourth-order valence-corrected chi connectivity index (χ4v) is 4.54. The topological polar surface area (TPSA) is 52.6 Å². The van der Waals surface area contributed by atoms with Gasteiger partial charge in [0.1, 0.15) is 5.78 Å². The van der Waals surface area contributed by atoms with Gasteiger partial charge in [0.15, 0.2) is 0 Å². The molecule has 0 aromatic rings. The zero-order valence-electron chi connectivity index (χ0n) is 18.7. The molecule has 1 amide bonds. The van der Waals surface area contributed by atoms with E-state index in [1.54, 1.807) is 0 Å². The van der Waals surface area contributed by atoms with Crippen LogP contribution >= 0.6 is 0 Å². The number of hydrogen-bond acceptors (Lipinski definition) is 4. The normalized spacial score (nSPS) is 25.6. The van der Waals surface area contributed by atoms with Crippen LogP contribution in [0.1, 0.15) is 66.2 Å². The summed E-state index contributed by atoms with van der Waals surface area (Å²) < 4.78 is 0. The number of amides is 1. The fraction of sp³-hybridized carbons (Fsp3) is 0.913. The Morgan fingerprint density at radius 2 is 1.50 bits per heavy atom. The Morgan fingerprint density at radius 1 is 0.929 bits per heavy atom. The first-order valence-electron chi connectivity index (χ1n) is 11.7. The summed E-state index contributed by atoms with van der Waals surface area (Å²) in [7, 11) is 0. The molecule has 1 atom stereocenters. The van der Waals surface area contributed by atoms with Gasteiger partial charge in [-0.05, 0) is 44.6 Å². The predicted molar refractivity (Wildman–Crippen MR) is 115 cm³/mol. The van der Waals surface area contributed by atoms with Crippen molar-refractivity contribution in [3.05, 3.63) is 0 Å². The average Bonchev–Trinajstić information content (AvgIpc) is 2.71. The molecule has 2 rings (SSSR count). The average molecular weight is 394 g/mol. The lowest BCUT2D eigenvalue weighted by molar-refractivity contribution is -0.130. The van der Waals surface area contributed by atoms with Crippen molar-refractivity contribution in [3.8, 4) is 0 Å². The zero-order chi connectivity index (χ0) is 20.5. The summed E-state index contributed by atoms with van der Waals surface area (Å²) in [4.78, 5) is 29.7. The monoisotopic (exact) mass is 393 g/mol. The second-order valence-electron chi connectivity index (χ2n) is 9.41.